The third-order valence-electron chi connectivity index (χ3n) is 6.96. The first-order valence-corrected chi connectivity index (χ1v) is 12.6. The fourth-order valence-electron chi connectivity index (χ4n) is 5.10. The van der Waals surface area contributed by atoms with Gasteiger partial charge in [0.25, 0.3) is 0 Å². The summed E-state index contributed by atoms with van der Waals surface area (Å²) in [7, 11) is 0. The van der Waals surface area contributed by atoms with Crippen LogP contribution in [0, 0.1) is 5.92 Å². The lowest BCUT2D eigenvalue weighted by atomic mass is 10.0. The second kappa shape index (κ2) is 11.8. The molecule has 6 heteroatoms. The topological polar surface area (TPSA) is 78.5 Å². The standard InChI is InChI=1S/C28H35N3O3/c32-25(19-21-11-7-8-12-21)30-26(23-15-5-2-6-16-23)27(33)29-24-17-9-10-18-31(28(24)34)20-22-13-3-1-4-14-22/h1-6,13-16,21,24,26H,7-12,17-20H2,(H,29,33)(H,30,32). The van der Waals surface area contributed by atoms with Gasteiger partial charge in [0.15, 0.2) is 0 Å². The van der Waals surface area contributed by atoms with Crippen molar-refractivity contribution < 1.29 is 14.4 Å². The zero-order chi connectivity index (χ0) is 23.8. The number of carbonyl (C=O) groups is 3. The van der Waals surface area contributed by atoms with Crippen LogP contribution in [0.1, 0.15) is 68.5 Å². The highest BCUT2D eigenvalue weighted by Gasteiger charge is 2.32. The van der Waals surface area contributed by atoms with Gasteiger partial charge in [-0.05, 0) is 49.1 Å². The Hall–Kier alpha value is -3.15. The van der Waals surface area contributed by atoms with Crippen LogP contribution in [-0.2, 0) is 20.9 Å². The van der Waals surface area contributed by atoms with E-state index < -0.39 is 12.1 Å². The molecular weight excluding hydrogens is 426 g/mol. The van der Waals surface area contributed by atoms with Crippen LogP contribution in [0.2, 0.25) is 0 Å². The van der Waals surface area contributed by atoms with Gasteiger partial charge in [0.2, 0.25) is 17.7 Å². The maximum atomic E-state index is 13.4. The van der Waals surface area contributed by atoms with Gasteiger partial charge in [0.1, 0.15) is 12.1 Å². The number of amides is 3. The minimum Gasteiger partial charge on any atom is -0.342 e. The Morgan fingerprint density at radius 2 is 1.53 bits per heavy atom. The monoisotopic (exact) mass is 461 g/mol. The number of likely N-dealkylation sites (tertiary alicyclic amines) is 1. The molecule has 1 aliphatic heterocycles. The van der Waals surface area contributed by atoms with Crippen LogP contribution in [0.15, 0.2) is 60.7 Å². The van der Waals surface area contributed by atoms with Crippen LogP contribution in [0.3, 0.4) is 0 Å². The zero-order valence-electron chi connectivity index (χ0n) is 19.7. The Kier molecular flexibility index (Phi) is 8.34. The molecule has 180 valence electrons. The molecule has 2 aromatic carbocycles. The van der Waals surface area contributed by atoms with Crippen LogP contribution in [0.4, 0.5) is 0 Å². The first-order chi connectivity index (χ1) is 16.6. The van der Waals surface area contributed by atoms with E-state index in [-0.39, 0.29) is 17.7 Å². The fourth-order valence-corrected chi connectivity index (χ4v) is 5.10. The Balaban J connectivity index is 1.44. The molecule has 0 aromatic heterocycles. The van der Waals surface area contributed by atoms with E-state index in [0.29, 0.717) is 31.8 Å². The average molecular weight is 462 g/mol. The third-order valence-corrected chi connectivity index (χ3v) is 6.96. The Morgan fingerprint density at radius 3 is 2.24 bits per heavy atom. The summed E-state index contributed by atoms with van der Waals surface area (Å²) in [5.74, 6) is -0.0899. The second-order valence-corrected chi connectivity index (χ2v) is 9.57. The van der Waals surface area contributed by atoms with E-state index >= 15 is 0 Å². The molecule has 3 amide bonds. The second-order valence-electron chi connectivity index (χ2n) is 9.57. The highest BCUT2D eigenvalue weighted by molar-refractivity contribution is 5.93. The van der Waals surface area contributed by atoms with Crippen molar-refractivity contribution in [2.45, 2.75) is 70.0 Å². The minimum atomic E-state index is -0.811. The van der Waals surface area contributed by atoms with Gasteiger partial charge in [-0.2, -0.15) is 0 Å². The normalized spacial score (nSPS) is 19.9. The molecule has 2 aliphatic rings. The quantitative estimate of drug-likeness (QED) is 0.621. The van der Waals surface area contributed by atoms with E-state index in [1.807, 2.05) is 65.6 Å². The smallest absolute Gasteiger partial charge is 0.247 e. The van der Waals surface area contributed by atoms with E-state index in [1.54, 1.807) is 0 Å². The van der Waals surface area contributed by atoms with Gasteiger partial charge in [-0.3, -0.25) is 14.4 Å². The fraction of sp³-hybridized carbons (Fsp3) is 0.464. The summed E-state index contributed by atoms with van der Waals surface area (Å²) in [6.07, 6.45) is 7.31. The molecule has 2 unspecified atom stereocenters. The molecule has 2 aromatic rings. The largest absolute Gasteiger partial charge is 0.342 e. The number of carbonyl (C=O) groups excluding carboxylic acids is 3. The molecule has 4 rings (SSSR count). The zero-order valence-corrected chi connectivity index (χ0v) is 19.7. The van der Waals surface area contributed by atoms with Crippen molar-refractivity contribution in [3.63, 3.8) is 0 Å². The van der Waals surface area contributed by atoms with E-state index in [1.165, 1.54) is 12.8 Å². The number of nitrogens with one attached hydrogen (secondary N) is 2. The third kappa shape index (κ3) is 6.46. The molecular formula is C28H35N3O3. The molecule has 6 nitrogen and oxygen atoms in total. The maximum absolute atomic E-state index is 13.4. The first-order valence-electron chi connectivity index (χ1n) is 12.6. The number of rotatable bonds is 8. The number of hydrogen-bond donors (Lipinski definition) is 2. The van der Waals surface area contributed by atoms with Crippen molar-refractivity contribution in [2.75, 3.05) is 6.54 Å². The highest BCUT2D eigenvalue weighted by atomic mass is 16.2. The lowest BCUT2D eigenvalue weighted by Crippen LogP contribution is -2.50. The molecule has 0 radical (unpaired) electrons. The number of nitrogens with zero attached hydrogens (tertiary/aromatic N) is 1. The summed E-state index contributed by atoms with van der Waals surface area (Å²) in [5, 5.41) is 5.93. The lowest BCUT2D eigenvalue weighted by Gasteiger charge is -2.27. The van der Waals surface area contributed by atoms with E-state index in [2.05, 4.69) is 10.6 Å². The molecule has 2 atom stereocenters. The van der Waals surface area contributed by atoms with Crippen LogP contribution in [-0.4, -0.2) is 35.2 Å². The number of hydrogen-bond acceptors (Lipinski definition) is 3. The van der Waals surface area contributed by atoms with Gasteiger partial charge in [-0.25, -0.2) is 0 Å². The maximum Gasteiger partial charge on any atom is 0.247 e. The molecule has 1 heterocycles. The van der Waals surface area contributed by atoms with Crippen molar-refractivity contribution in [3.05, 3.63) is 71.8 Å². The van der Waals surface area contributed by atoms with Gasteiger partial charge < -0.3 is 15.5 Å². The predicted molar refractivity (Wildman–Crippen MR) is 132 cm³/mol. The van der Waals surface area contributed by atoms with Gasteiger partial charge >= 0.3 is 0 Å². The van der Waals surface area contributed by atoms with Crippen molar-refractivity contribution in [1.82, 2.24) is 15.5 Å². The Labute approximate surface area is 202 Å². The molecule has 1 saturated carbocycles. The lowest BCUT2D eigenvalue weighted by molar-refractivity contribution is -0.137. The average Bonchev–Trinajstić information content (AvgIpc) is 3.31. The van der Waals surface area contributed by atoms with Crippen LogP contribution < -0.4 is 10.6 Å². The van der Waals surface area contributed by atoms with Gasteiger partial charge in [0.05, 0.1) is 0 Å². The summed E-state index contributed by atoms with van der Waals surface area (Å²) < 4.78 is 0. The molecule has 1 aliphatic carbocycles. The van der Waals surface area contributed by atoms with E-state index in [0.717, 1.165) is 36.8 Å². The van der Waals surface area contributed by atoms with Crippen molar-refractivity contribution in [2.24, 2.45) is 5.92 Å². The van der Waals surface area contributed by atoms with Crippen LogP contribution in [0.25, 0.3) is 0 Å². The van der Waals surface area contributed by atoms with Crippen molar-refractivity contribution in [1.29, 1.82) is 0 Å². The van der Waals surface area contributed by atoms with Crippen LogP contribution >= 0.6 is 0 Å². The summed E-state index contributed by atoms with van der Waals surface area (Å²) in [5.41, 5.74) is 1.80. The first kappa shape index (κ1) is 24.0. The Morgan fingerprint density at radius 1 is 0.882 bits per heavy atom. The van der Waals surface area contributed by atoms with Gasteiger partial charge in [-0.15, -0.1) is 0 Å². The van der Waals surface area contributed by atoms with Crippen molar-refractivity contribution in [3.8, 4) is 0 Å². The molecule has 2 N–H and O–H groups in total. The number of benzene rings is 2. The predicted octanol–water partition coefficient (Wildman–Crippen LogP) is 4.12. The van der Waals surface area contributed by atoms with Crippen molar-refractivity contribution >= 4 is 17.7 Å². The summed E-state index contributed by atoms with van der Waals surface area (Å²) in [4.78, 5) is 41.4. The molecule has 2 fully saturated rings. The molecule has 0 bridgehead atoms. The van der Waals surface area contributed by atoms with E-state index in [4.69, 9.17) is 0 Å². The molecule has 34 heavy (non-hydrogen) atoms. The minimum absolute atomic E-state index is 0.0567. The summed E-state index contributed by atoms with van der Waals surface area (Å²) >= 11 is 0. The SMILES string of the molecule is O=C(CC1CCCC1)NC(C(=O)NC1CCCCN(Cc2ccccc2)C1=O)c1ccccc1. The van der Waals surface area contributed by atoms with Crippen LogP contribution in [0.5, 0.6) is 0 Å². The summed E-state index contributed by atoms with van der Waals surface area (Å²) in [6.45, 7) is 1.21. The van der Waals surface area contributed by atoms with Gasteiger partial charge in [0, 0.05) is 19.5 Å². The van der Waals surface area contributed by atoms with Gasteiger partial charge in [-0.1, -0.05) is 73.5 Å². The Bertz CT molecular complexity index is 957. The highest BCUT2D eigenvalue weighted by Crippen LogP contribution is 2.28. The molecule has 1 saturated heterocycles. The summed E-state index contributed by atoms with van der Waals surface area (Å²) in [6, 6.07) is 17.8. The molecule has 0 spiro atoms. The van der Waals surface area contributed by atoms with E-state index in [9.17, 15) is 14.4 Å².